The van der Waals surface area contributed by atoms with Gasteiger partial charge in [-0.2, -0.15) is 0 Å². The molecule has 7 heteroatoms. The molecule has 1 aliphatic rings. The first-order valence-corrected chi connectivity index (χ1v) is 9.80. The number of anilines is 1. The van der Waals surface area contributed by atoms with Gasteiger partial charge in [-0.05, 0) is 42.2 Å². The van der Waals surface area contributed by atoms with Gasteiger partial charge in [0, 0.05) is 31.0 Å². The number of carboxylic acid groups (broad SMARTS) is 1. The molecule has 1 fully saturated rings. The minimum absolute atomic E-state index is 0.0760. The highest BCUT2D eigenvalue weighted by atomic mass is 16.4. The van der Waals surface area contributed by atoms with Crippen molar-refractivity contribution in [1.82, 2.24) is 14.3 Å². The first-order chi connectivity index (χ1) is 13.9. The summed E-state index contributed by atoms with van der Waals surface area (Å²) in [6.07, 6.45) is 1.64. The second kappa shape index (κ2) is 7.58. The van der Waals surface area contributed by atoms with Gasteiger partial charge in [0.05, 0.1) is 11.3 Å². The molecule has 0 bridgehead atoms. The number of amides is 1. The number of benzene rings is 1. The SMILES string of the molecule is CC(C)c1nc2ccccn2c(=O)c1-c1ccc(NC2CCN(C(=O)O)C2)cc1. The Labute approximate surface area is 168 Å². The molecule has 0 aliphatic carbocycles. The molecule has 3 aromatic rings. The van der Waals surface area contributed by atoms with E-state index in [-0.39, 0.29) is 17.5 Å². The van der Waals surface area contributed by atoms with Gasteiger partial charge >= 0.3 is 6.09 Å². The standard InChI is InChI=1S/C22H24N4O3/c1-14(2)20-19(21(27)26-11-4-3-5-18(26)24-20)15-6-8-16(9-7-15)23-17-10-12-25(13-17)22(28)29/h3-9,11,14,17,23H,10,12-13H2,1-2H3,(H,28,29). The molecule has 0 saturated carbocycles. The van der Waals surface area contributed by atoms with Gasteiger partial charge in [-0.25, -0.2) is 9.78 Å². The predicted octanol–water partition coefficient (Wildman–Crippen LogP) is 3.65. The van der Waals surface area contributed by atoms with E-state index in [1.54, 1.807) is 10.6 Å². The smallest absolute Gasteiger partial charge is 0.407 e. The van der Waals surface area contributed by atoms with Gasteiger partial charge in [-0.1, -0.05) is 32.0 Å². The number of fused-ring (bicyclic) bond motifs is 1. The van der Waals surface area contributed by atoms with E-state index in [0.717, 1.165) is 23.4 Å². The molecule has 150 valence electrons. The largest absolute Gasteiger partial charge is 0.465 e. The summed E-state index contributed by atoms with van der Waals surface area (Å²) in [6.45, 7) is 5.09. The molecule has 1 amide bonds. The van der Waals surface area contributed by atoms with Gasteiger partial charge in [0.2, 0.25) is 0 Å². The van der Waals surface area contributed by atoms with E-state index in [0.29, 0.717) is 24.3 Å². The lowest BCUT2D eigenvalue weighted by Gasteiger charge is -2.16. The average Bonchev–Trinajstić information content (AvgIpc) is 3.17. The zero-order valence-electron chi connectivity index (χ0n) is 16.5. The maximum atomic E-state index is 13.2. The molecule has 1 unspecified atom stereocenters. The zero-order valence-corrected chi connectivity index (χ0v) is 16.5. The molecule has 1 aliphatic heterocycles. The van der Waals surface area contributed by atoms with Gasteiger partial charge in [0.15, 0.2) is 0 Å². The minimum Gasteiger partial charge on any atom is -0.465 e. The summed E-state index contributed by atoms with van der Waals surface area (Å²) in [5.41, 5.74) is 3.71. The van der Waals surface area contributed by atoms with Gasteiger partial charge < -0.3 is 15.3 Å². The number of pyridine rings is 1. The number of rotatable bonds is 4. The van der Waals surface area contributed by atoms with E-state index in [9.17, 15) is 9.59 Å². The van der Waals surface area contributed by atoms with Crippen LogP contribution in [0, 0.1) is 0 Å². The number of nitrogens with zero attached hydrogens (tertiary/aromatic N) is 3. The summed E-state index contributed by atoms with van der Waals surface area (Å²) in [4.78, 5) is 30.4. The van der Waals surface area contributed by atoms with E-state index < -0.39 is 6.09 Å². The number of hydrogen-bond donors (Lipinski definition) is 2. The number of likely N-dealkylation sites (tertiary alicyclic amines) is 1. The number of nitrogens with one attached hydrogen (secondary N) is 1. The first-order valence-electron chi connectivity index (χ1n) is 9.80. The van der Waals surface area contributed by atoms with Crippen LogP contribution in [0.2, 0.25) is 0 Å². The van der Waals surface area contributed by atoms with E-state index in [4.69, 9.17) is 10.1 Å². The first kappa shape index (κ1) is 19.0. The summed E-state index contributed by atoms with van der Waals surface area (Å²) >= 11 is 0. The van der Waals surface area contributed by atoms with E-state index in [1.807, 2.05) is 56.3 Å². The van der Waals surface area contributed by atoms with Crippen molar-refractivity contribution in [2.45, 2.75) is 32.2 Å². The van der Waals surface area contributed by atoms with Crippen LogP contribution in [0.5, 0.6) is 0 Å². The van der Waals surface area contributed by atoms with Crippen LogP contribution in [0.4, 0.5) is 10.5 Å². The molecule has 29 heavy (non-hydrogen) atoms. The Hall–Kier alpha value is -3.35. The number of aromatic nitrogens is 2. The van der Waals surface area contributed by atoms with E-state index >= 15 is 0 Å². The maximum Gasteiger partial charge on any atom is 0.407 e. The summed E-state index contributed by atoms with van der Waals surface area (Å²) in [7, 11) is 0. The van der Waals surface area contributed by atoms with Crippen LogP contribution in [0.25, 0.3) is 16.8 Å². The Morgan fingerprint density at radius 3 is 2.62 bits per heavy atom. The molecule has 2 N–H and O–H groups in total. The third-order valence-electron chi connectivity index (χ3n) is 5.31. The molecule has 0 spiro atoms. The van der Waals surface area contributed by atoms with Crippen molar-refractivity contribution in [2.75, 3.05) is 18.4 Å². The van der Waals surface area contributed by atoms with Crippen LogP contribution in [0.15, 0.2) is 53.5 Å². The van der Waals surface area contributed by atoms with E-state index in [1.165, 1.54) is 4.90 Å². The van der Waals surface area contributed by atoms with E-state index in [2.05, 4.69) is 5.32 Å². The molecule has 2 aromatic heterocycles. The second-order valence-corrected chi connectivity index (χ2v) is 7.70. The van der Waals surface area contributed by atoms with Crippen molar-refractivity contribution in [2.24, 2.45) is 0 Å². The van der Waals surface area contributed by atoms with Crippen LogP contribution in [-0.4, -0.2) is 44.6 Å². The molecule has 0 radical (unpaired) electrons. The Bertz CT molecular complexity index is 1110. The minimum atomic E-state index is -0.879. The number of hydrogen-bond acceptors (Lipinski definition) is 4. The highest BCUT2D eigenvalue weighted by molar-refractivity contribution is 5.69. The van der Waals surface area contributed by atoms with Crippen molar-refractivity contribution in [3.8, 4) is 11.1 Å². The highest BCUT2D eigenvalue weighted by Crippen LogP contribution is 2.27. The Kier molecular flexibility index (Phi) is 4.96. The molecular weight excluding hydrogens is 368 g/mol. The third kappa shape index (κ3) is 3.68. The van der Waals surface area contributed by atoms with Gasteiger partial charge in [0.1, 0.15) is 5.65 Å². The fourth-order valence-electron chi connectivity index (χ4n) is 3.82. The fourth-order valence-corrected chi connectivity index (χ4v) is 3.82. The Morgan fingerprint density at radius 1 is 1.21 bits per heavy atom. The van der Waals surface area contributed by atoms with Crippen LogP contribution in [0.1, 0.15) is 31.9 Å². The van der Waals surface area contributed by atoms with Crippen molar-refractivity contribution in [3.05, 3.63) is 64.7 Å². The predicted molar refractivity (Wildman–Crippen MR) is 113 cm³/mol. The van der Waals surface area contributed by atoms with Crippen LogP contribution in [0.3, 0.4) is 0 Å². The molecule has 7 nitrogen and oxygen atoms in total. The molecule has 4 rings (SSSR count). The quantitative estimate of drug-likeness (QED) is 0.708. The highest BCUT2D eigenvalue weighted by Gasteiger charge is 2.25. The lowest BCUT2D eigenvalue weighted by atomic mass is 9.98. The summed E-state index contributed by atoms with van der Waals surface area (Å²) in [6, 6.07) is 13.3. The normalized spacial score (nSPS) is 16.5. The zero-order chi connectivity index (χ0) is 20.5. The van der Waals surface area contributed by atoms with Gasteiger partial charge in [-0.15, -0.1) is 0 Å². The molecular formula is C22H24N4O3. The van der Waals surface area contributed by atoms with Crippen LogP contribution >= 0.6 is 0 Å². The summed E-state index contributed by atoms with van der Waals surface area (Å²) < 4.78 is 1.58. The molecule has 1 saturated heterocycles. The van der Waals surface area contributed by atoms with Crippen molar-refractivity contribution >= 4 is 17.4 Å². The topological polar surface area (TPSA) is 86.9 Å². The van der Waals surface area contributed by atoms with Gasteiger partial charge in [0.25, 0.3) is 5.56 Å². The fraction of sp³-hybridized carbons (Fsp3) is 0.318. The van der Waals surface area contributed by atoms with Gasteiger partial charge in [-0.3, -0.25) is 9.20 Å². The van der Waals surface area contributed by atoms with Crippen LogP contribution < -0.4 is 10.9 Å². The second-order valence-electron chi connectivity index (χ2n) is 7.70. The lowest BCUT2D eigenvalue weighted by molar-refractivity contribution is 0.155. The van der Waals surface area contributed by atoms with Crippen molar-refractivity contribution in [1.29, 1.82) is 0 Å². The van der Waals surface area contributed by atoms with Crippen molar-refractivity contribution in [3.63, 3.8) is 0 Å². The van der Waals surface area contributed by atoms with Crippen molar-refractivity contribution < 1.29 is 9.90 Å². The average molecular weight is 392 g/mol. The third-order valence-corrected chi connectivity index (χ3v) is 5.31. The molecule has 1 atom stereocenters. The summed E-state index contributed by atoms with van der Waals surface area (Å²) in [5, 5.41) is 12.5. The molecule has 1 aromatic carbocycles. The number of carbonyl (C=O) groups is 1. The molecule has 3 heterocycles. The van der Waals surface area contributed by atoms with Crippen LogP contribution in [-0.2, 0) is 0 Å². The summed E-state index contributed by atoms with van der Waals surface area (Å²) in [5.74, 6) is 0.112. The maximum absolute atomic E-state index is 13.2. The Morgan fingerprint density at radius 2 is 1.97 bits per heavy atom. The monoisotopic (exact) mass is 392 g/mol. The Balaban J connectivity index is 1.65. The lowest BCUT2D eigenvalue weighted by Crippen LogP contribution is -2.30.